The van der Waals surface area contributed by atoms with Crippen molar-refractivity contribution in [3.05, 3.63) is 58.9 Å². The van der Waals surface area contributed by atoms with Gasteiger partial charge in [-0.3, -0.25) is 0 Å². The molecule has 1 heterocycles. The highest BCUT2D eigenvalue weighted by molar-refractivity contribution is 7.89. The molecule has 1 unspecified atom stereocenters. The van der Waals surface area contributed by atoms with E-state index in [4.69, 9.17) is 20.7 Å². The Labute approximate surface area is 173 Å². The Morgan fingerprint density at radius 2 is 1.90 bits per heavy atom. The topological polar surface area (TPSA) is 146 Å². The third-order valence-corrected chi connectivity index (χ3v) is 6.59. The van der Waals surface area contributed by atoms with Gasteiger partial charge >= 0.3 is 0 Å². The predicted octanol–water partition coefficient (Wildman–Crippen LogP) is 1.39. The molecule has 8 nitrogen and oxygen atoms in total. The number of aromatic hydroxyl groups is 1. The molecular weight excluding hydrogens is 413 g/mol. The molecule has 1 atom stereocenters. The van der Waals surface area contributed by atoms with Gasteiger partial charge in [0.2, 0.25) is 10.0 Å². The third kappa shape index (κ3) is 5.12. The van der Waals surface area contributed by atoms with Gasteiger partial charge in [-0.15, -0.1) is 0 Å². The van der Waals surface area contributed by atoms with Gasteiger partial charge < -0.3 is 15.3 Å². The maximum absolute atomic E-state index is 12.5. The van der Waals surface area contributed by atoms with Crippen LogP contribution in [0.15, 0.2) is 41.3 Å². The fraction of sp³-hybridized carbons (Fsp3) is 0.300. The Morgan fingerprint density at radius 3 is 2.40 bits per heavy atom. The van der Waals surface area contributed by atoms with Gasteiger partial charge in [-0.05, 0) is 49.2 Å². The van der Waals surface area contributed by atoms with Crippen LogP contribution in [0.2, 0.25) is 0 Å². The van der Waals surface area contributed by atoms with Crippen LogP contribution in [-0.2, 0) is 10.0 Å². The Morgan fingerprint density at radius 1 is 1.20 bits per heavy atom. The van der Waals surface area contributed by atoms with Crippen molar-refractivity contribution in [3.8, 4) is 17.9 Å². The van der Waals surface area contributed by atoms with Crippen LogP contribution in [-0.4, -0.2) is 53.3 Å². The number of phenolic OH excluding ortho intramolecular Hbond substituents is 1. The van der Waals surface area contributed by atoms with E-state index >= 15 is 0 Å². The molecule has 30 heavy (non-hydrogen) atoms. The van der Waals surface area contributed by atoms with E-state index in [0.29, 0.717) is 11.1 Å². The van der Waals surface area contributed by atoms with E-state index < -0.39 is 28.0 Å². The van der Waals surface area contributed by atoms with Crippen molar-refractivity contribution >= 4 is 10.0 Å². The van der Waals surface area contributed by atoms with Crippen LogP contribution >= 0.6 is 0 Å². The lowest BCUT2D eigenvalue weighted by Gasteiger charge is -2.21. The number of nitriles is 2. The number of halogens is 1. The molecule has 1 saturated heterocycles. The van der Waals surface area contributed by atoms with Crippen LogP contribution in [0.25, 0.3) is 0 Å². The lowest BCUT2D eigenvalue weighted by atomic mass is 10.1. The summed E-state index contributed by atoms with van der Waals surface area (Å²) in [7, 11) is -3.72. The van der Waals surface area contributed by atoms with Gasteiger partial charge in [0.15, 0.2) is 0 Å². The zero-order valence-corrected chi connectivity index (χ0v) is 16.9. The first kappa shape index (κ1) is 23.3. The number of aliphatic hydroxyl groups is 2. The van der Waals surface area contributed by atoms with Crippen molar-refractivity contribution in [3.63, 3.8) is 0 Å². The van der Waals surface area contributed by atoms with Crippen LogP contribution in [0.5, 0.6) is 5.75 Å². The Bertz CT molecular complexity index is 1120. The van der Waals surface area contributed by atoms with Crippen LogP contribution < -0.4 is 0 Å². The molecule has 10 heteroatoms. The van der Waals surface area contributed by atoms with E-state index in [1.165, 1.54) is 30.3 Å². The molecule has 0 amide bonds. The number of aliphatic hydroxyl groups excluding tert-OH is 1. The molecule has 1 aliphatic rings. The van der Waals surface area contributed by atoms with Crippen molar-refractivity contribution < 1.29 is 28.1 Å². The number of β-amino-alcohol motifs (C(OH)–C–C–N with tert-alkyl or cyclic N) is 1. The van der Waals surface area contributed by atoms with E-state index in [1.807, 2.05) is 6.07 Å². The molecule has 0 radical (unpaired) electrons. The van der Waals surface area contributed by atoms with Gasteiger partial charge in [0.25, 0.3) is 0 Å². The minimum Gasteiger partial charge on any atom is -0.508 e. The maximum Gasteiger partial charge on any atom is 0.243 e. The summed E-state index contributed by atoms with van der Waals surface area (Å²) < 4.78 is 38.7. The van der Waals surface area contributed by atoms with Crippen molar-refractivity contribution in [2.75, 3.05) is 19.7 Å². The van der Waals surface area contributed by atoms with E-state index in [1.54, 1.807) is 13.0 Å². The molecular formula is C20H20FN3O5S. The number of hydrogen-bond donors (Lipinski definition) is 3. The fourth-order valence-electron chi connectivity index (χ4n) is 2.90. The van der Waals surface area contributed by atoms with Crippen LogP contribution in [0.4, 0.5) is 4.39 Å². The Kier molecular flexibility index (Phi) is 7.13. The average molecular weight is 433 g/mol. The Balaban J connectivity index is 0.000000269. The fourth-order valence-corrected chi connectivity index (χ4v) is 4.62. The van der Waals surface area contributed by atoms with E-state index in [9.17, 15) is 17.9 Å². The second-order valence-corrected chi connectivity index (χ2v) is 8.75. The molecule has 0 aromatic heterocycles. The highest BCUT2D eigenvalue weighted by atomic mass is 32.2. The van der Waals surface area contributed by atoms with Gasteiger partial charge in [0, 0.05) is 19.2 Å². The highest BCUT2D eigenvalue weighted by Gasteiger charge is 2.41. The number of hydrogen-bond acceptors (Lipinski definition) is 7. The van der Waals surface area contributed by atoms with Crippen molar-refractivity contribution in [2.45, 2.75) is 23.8 Å². The zero-order valence-electron chi connectivity index (χ0n) is 16.1. The molecule has 0 aliphatic carbocycles. The first-order chi connectivity index (χ1) is 14.1. The lowest BCUT2D eigenvalue weighted by Crippen LogP contribution is -2.38. The van der Waals surface area contributed by atoms with Gasteiger partial charge in [0.1, 0.15) is 23.2 Å². The van der Waals surface area contributed by atoms with Crippen LogP contribution in [0.1, 0.15) is 23.1 Å². The maximum atomic E-state index is 12.5. The standard InChI is InChI=1S/C13H16N2O4S.C7H4FNO/c1-10-6-11(7-14)2-3-12(10)20(18,19)15-5-4-13(17,8-15)9-16;8-7-3-6(10)2-1-5(7)4-9/h2-3,6,16-17H,4-5,8-9H2,1H3;1-3,10H. The number of aryl methyl sites for hydroxylation is 1. The summed E-state index contributed by atoms with van der Waals surface area (Å²) in [5, 5.41) is 44.7. The monoisotopic (exact) mass is 433 g/mol. The second kappa shape index (κ2) is 9.20. The molecule has 3 rings (SSSR count). The molecule has 2 aromatic carbocycles. The van der Waals surface area contributed by atoms with Crippen LogP contribution in [0, 0.1) is 35.4 Å². The molecule has 1 aliphatic heterocycles. The predicted molar refractivity (Wildman–Crippen MR) is 104 cm³/mol. The van der Waals surface area contributed by atoms with E-state index in [2.05, 4.69) is 0 Å². The van der Waals surface area contributed by atoms with Crippen molar-refractivity contribution in [2.24, 2.45) is 0 Å². The number of nitrogens with zero attached hydrogens (tertiary/aromatic N) is 3. The summed E-state index contributed by atoms with van der Waals surface area (Å²) in [5.74, 6) is -0.862. The summed E-state index contributed by atoms with van der Waals surface area (Å²) in [6.45, 7) is 1.21. The normalized spacial score (nSPS) is 18.7. The molecule has 158 valence electrons. The molecule has 2 aromatic rings. The average Bonchev–Trinajstić information content (AvgIpc) is 3.12. The smallest absolute Gasteiger partial charge is 0.243 e. The SMILES string of the molecule is Cc1cc(C#N)ccc1S(=O)(=O)N1CCC(O)(CO)C1.N#Cc1ccc(O)cc1F. The molecule has 3 N–H and O–H groups in total. The molecule has 0 bridgehead atoms. The van der Waals surface area contributed by atoms with Gasteiger partial charge in [0.05, 0.1) is 28.7 Å². The van der Waals surface area contributed by atoms with Crippen molar-refractivity contribution in [1.29, 1.82) is 10.5 Å². The lowest BCUT2D eigenvalue weighted by molar-refractivity contribution is -0.000736. The summed E-state index contributed by atoms with van der Waals surface area (Å²) in [6.07, 6.45) is 0.206. The van der Waals surface area contributed by atoms with E-state index in [0.717, 1.165) is 10.4 Å². The van der Waals surface area contributed by atoms with Gasteiger partial charge in [-0.2, -0.15) is 14.8 Å². The minimum atomic E-state index is -3.72. The summed E-state index contributed by atoms with van der Waals surface area (Å²) in [5.41, 5.74) is -0.538. The Hall–Kier alpha value is -3.02. The first-order valence-corrected chi connectivity index (χ1v) is 10.2. The van der Waals surface area contributed by atoms with E-state index in [-0.39, 0.29) is 35.7 Å². The summed E-state index contributed by atoms with van der Waals surface area (Å²) >= 11 is 0. The number of phenols is 1. The molecule has 0 spiro atoms. The summed E-state index contributed by atoms with van der Waals surface area (Å²) in [6, 6.07) is 11.4. The third-order valence-electron chi connectivity index (χ3n) is 4.59. The first-order valence-electron chi connectivity index (χ1n) is 8.79. The second-order valence-electron chi connectivity index (χ2n) is 6.84. The number of benzene rings is 2. The van der Waals surface area contributed by atoms with Crippen molar-refractivity contribution in [1.82, 2.24) is 4.31 Å². The molecule has 0 saturated carbocycles. The van der Waals surface area contributed by atoms with Gasteiger partial charge in [-0.1, -0.05) is 0 Å². The molecule has 1 fully saturated rings. The minimum absolute atomic E-state index is 0.0576. The number of sulfonamides is 1. The van der Waals surface area contributed by atoms with Gasteiger partial charge in [-0.25, -0.2) is 12.8 Å². The largest absolute Gasteiger partial charge is 0.508 e. The van der Waals surface area contributed by atoms with Crippen LogP contribution in [0.3, 0.4) is 0 Å². The quantitative estimate of drug-likeness (QED) is 0.663. The number of rotatable bonds is 3. The summed E-state index contributed by atoms with van der Waals surface area (Å²) in [4.78, 5) is 0.124. The zero-order chi connectivity index (χ0) is 22.5. The highest BCUT2D eigenvalue weighted by Crippen LogP contribution is 2.28.